The van der Waals surface area contributed by atoms with E-state index in [4.69, 9.17) is 9.57 Å². The van der Waals surface area contributed by atoms with Crippen molar-refractivity contribution in [1.82, 2.24) is 10.4 Å². The van der Waals surface area contributed by atoms with Crippen molar-refractivity contribution >= 4 is 5.91 Å². The van der Waals surface area contributed by atoms with Gasteiger partial charge in [-0.25, -0.2) is 5.48 Å². The van der Waals surface area contributed by atoms with Gasteiger partial charge in [0.05, 0.1) is 24.9 Å². The van der Waals surface area contributed by atoms with E-state index >= 15 is 0 Å². The van der Waals surface area contributed by atoms with E-state index in [-0.39, 0.29) is 30.1 Å². The molecule has 18 heavy (non-hydrogen) atoms. The number of morpholine rings is 1. The monoisotopic (exact) mass is 258 g/mol. The van der Waals surface area contributed by atoms with Crippen LogP contribution in [0.25, 0.3) is 0 Å². The Morgan fingerprint density at radius 3 is 2.39 bits per heavy atom. The third-order valence-electron chi connectivity index (χ3n) is 3.06. The second kappa shape index (κ2) is 7.07. The van der Waals surface area contributed by atoms with Crippen LogP contribution in [0.4, 0.5) is 0 Å². The molecule has 0 bridgehead atoms. The Bertz CT molecular complexity index is 261. The van der Waals surface area contributed by atoms with Crippen molar-refractivity contribution in [1.29, 1.82) is 0 Å². The highest BCUT2D eigenvalue weighted by Crippen LogP contribution is 2.18. The summed E-state index contributed by atoms with van der Waals surface area (Å²) in [4.78, 5) is 19.3. The summed E-state index contributed by atoms with van der Waals surface area (Å²) in [5, 5.41) is 0. The van der Waals surface area contributed by atoms with Crippen LogP contribution in [-0.2, 0) is 14.4 Å². The van der Waals surface area contributed by atoms with Crippen LogP contribution >= 0.6 is 0 Å². The van der Waals surface area contributed by atoms with Gasteiger partial charge >= 0.3 is 0 Å². The maximum absolute atomic E-state index is 12.1. The molecule has 0 spiro atoms. The molecule has 0 radical (unpaired) electrons. The third-order valence-corrected chi connectivity index (χ3v) is 3.06. The molecule has 1 aliphatic heterocycles. The summed E-state index contributed by atoms with van der Waals surface area (Å²) in [7, 11) is 0. The number of nitrogens with one attached hydrogen (secondary N) is 1. The molecule has 5 nitrogen and oxygen atoms in total. The number of rotatable bonds is 5. The molecular weight excluding hydrogens is 232 g/mol. The number of nitrogens with zero attached hydrogens (tertiary/aromatic N) is 1. The predicted molar refractivity (Wildman–Crippen MR) is 70.0 cm³/mol. The minimum Gasteiger partial charge on any atom is -0.373 e. The zero-order chi connectivity index (χ0) is 13.7. The fraction of sp³-hybridized carbons (Fsp3) is 0.923. The summed E-state index contributed by atoms with van der Waals surface area (Å²) in [5.41, 5.74) is 2.52. The zero-order valence-electron chi connectivity index (χ0n) is 12.1. The fourth-order valence-corrected chi connectivity index (χ4v) is 2.54. The van der Waals surface area contributed by atoms with E-state index in [0.29, 0.717) is 6.61 Å². The topological polar surface area (TPSA) is 50.8 Å². The van der Waals surface area contributed by atoms with E-state index in [9.17, 15) is 4.79 Å². The van der Waals surface area contributed by atoms with Gasteiger partial charge in [0.15, 0.2) is 0 Å². The first-order valence-electron chi connectivity index (χ1n) is 6.76. The molecule has 1 saturated heterocycles. The van der Waals surface area contributed by atoms with Crippen molar-refractivity contribution < 1.29 is 14.4 Å². The lowest BCUT2D eigenvalue weighted by molar-refractivity contribution is -0.147. The van der Waals surface area contributed by atoms with Crippen LogP contribution in [0.2, 0.25) is 0 Å². The van der Waals surface area contributed by atoms with Gasteiger partial charge in [-0.1, -0.05) is 13.8 Å². The Morgan fingerprint density at radius 1 is 1.39 bits per heavy atom. The van der Waals surface area contributed by atoms with Crippen LogP contribution in [0.5, 0.6) is 0 Å². The fourth-order valence-electron chi connectivity index (χ4n) is 2.54. The first-order valence-corrected chi connectivity index (χ1v) is 6.76. The average molecular weight is 258 g/mol. The van der Waals surface area contributed by atoms with Crippen molar-refractivity contribution in [2.24, 2.45) is 5.92 Å². The lowest BCUT2D eigenvalue weighted by atomic mass is 10.00. The zero-order valence-corrected chi connectivity index (χ0v) is 12.1. The van der Waals surface area contributed by atoms with Gasteiger partial charge in [0.25, 0.3) is 5.91 Å². The molecule has 0 aromatic heterocycles. The Balaban J connectivity index is 2.68. The van der Waals surface area contributed by atoms with E-state index < -0.39 is 0 Å². The SMILES string of the molecule is CCONC(=O)C(C(C)C)N1CC(C)OC(C)C1. The van der Waals surface area contributed by atoms with Crippen LogP contribution in [0.3, 0.4) is 0 Å². The third kappa shape index (κ3) is 4.23. The lowest BCUT2D eigenvalue weighted by Crippen LogP contribution is -2.56. The summed E-state index contributed by atoms with van der Waals surface area (Å²) >= 11 is 0. The molecule has 0 aromatic rings. The van der Waals surface area contributed by atoms with Gasteiger partial charge < -0.3 is 4.74 Å². The molecule has 1 heterocycles. The van der Waals surface area contributed by atoms with Crippen molar-refractivity contribution in [2.45, 2.75) is 52.9 Å². The van der Waals surface area contributed by atoms with E-state index in [0.717, 1.165) is 13.1 Å². The van der Waals surface area contributed by atoms with Gasteiger partial charge in [-0.05, 0) is 26.7 Å². The van der Waals surface area contributed by atoms with E-state index in [1.54, 1.807) is 0 Å². The maximum Gasteiger partial charge on any atom is 0.261 e. The molecule has 1 fully saturated rings. The Labute approximate surface area is 110 Å². The predicted octanol–water partition coefficient (Wildman–Crippen LogP) is 1.19. The van der Waals surface area contributed by atoms with Gasteiger partial charge in [0.2, 0.25) is 0 Å². The minimum absolute atomic E-state index is 0.0619. The highest BCUT2D eigenvalue weighted by atomic mass is 16.6. The van der Waals surface area contributed by atoms with Crippen molar-refractivity contribution in [3.63, 3.8) is 0 Å². The number of hydrogen-bond donors (Lipinski definition) is 1. The number of carbonyl (C=O) groups is 1. The molecule has 1 amide bonds. The van der Waals surface area contributed by atoms with Crippen molar-refractivity contribution in [3.8, 4) is 0 Å². The van der Waals surface area contributed by atoms with Crippen LogP contribution in [0.15, 0.2) is 0 Å². The maximum atomic E-state index is 12.1. The Morgan fingerprint density at radius 2 is 1.94 bits per heavy atom. The Hall–Kier alpha value is -0.650. The smallest absolute Gasteiger partial charge is 0.261 e. The molecule has 3 atom stereocenters. The molecule has 1 rings (SSSR count). The number of amides is 1. The average Bonchev–Trinajstić information content (AvgIpc) is 2.24. The molecule has 1 aliphatic rings. The lowest BCUT2D eigenvalue weighted by Gasteiger charge is -2.40. The molecule has 0 aromatic carbocycles. The standard InChI is InChI=1S/C13H26N2O3/c1-6-17-14-13(16)12(9(2)3)15-7-10(4)18-11(5)8-15/h9-12H,6-8H2,1-5H3,(H,14,16). The van der Waals surface area contributed by atoms with Gasteiger partial charge in [-0.15, -0.1) is 0 Å². The van der Waals surface area contributed by atoms with Crippen LogP contribution < -0.4 is 5.48 Å². The first-order chi connectivity index (χ1) is 8.45. The number of hydrogen-bond acceptors (Lipinski definition) is 4. The van der Waals surface area contributed by atoms with Gasteiger partial charge in [0.1, 0.15) is 0 Å². The van der Waals surface area contributed by atoms with Crippen molar-refractivity contribution in [3.05, 3.63) is 0 Å². The van der Waals surface area contributed by atoms with E-state index in [1.807, 2.05) is 20.8 Å². The molecule has 5 heteroatoms. The highest BCUT2D eigenvalue weighted by molar-refractivity contribution is 5.81. The van der Waals surface area contributed by atoms with Gasteiger partial charge in [-0.2, -0.15) is 0 Å². The van der Waals surface area contributed by atoms with Gasteiger partial charge in [-0.3, -0.25) is 14.5 Å². The second-order valence-electron chi connectivity index (χ2n) is 5.30. The molecule has 0 saturated carbocycles. The molecule has 0 aliphatic carbocycles. The quantitative estimate of drug-likeness (QED) is 0.753. The summed E-state index contributed by atoms with van der Waals surface area (Å²) in [6, 6.07) is -0.162. The highest BCUT2D eigenvalue weighted by Gasteiger charge is 2.34. The van der Waals surface area contributed by atoms with Crippen molar-refractivity contribution in [2.75, 3.05) is 19.7 Å². The number of ether oxygens (including phenoxy) is 1. The molecule has 3 unspecified atom stereocenters. The largest absolute Gasteiger partial charge is 0.373 e. The minimum atomic E-state index is -0.162. The number of carbonyl (C=O) groups excluding carboxylic acids is 1. The van der Waals surface area contributed by atoms with Crippen LogP contribution in [-0.4, -0.2) is 48.8 Å². The van der Waals surface area contributed by atoms with E-state index in [2.05, 4.69) is 24.2 Å². The molecule has 1 N–H and O–H groups in total. The summed E-state index contributed by atoms with van der Waals surface area (Å²) in [5.74, 6) is 0.177. The van der Waals surface area contributed by atoms with E-state index in [1.165, 1.54) is 0 Å². The summed E-state index contributed by atoms with van der Waals surface area (Å²) in [6.45, 7) is 12.1. The summed E-state index contributed by atoms with van der Waals surface area (Å²) < 4.78 is 5.70. The van der Waals surface area contributed by atoms with Gasteiger partial charge in [0, 0.05) is 13.1 Å². The normalized spacial score (nSPS) is 27.2. The summed E-state index contributed by atoms with van der Waals surface area (Å²) in [6.07, 6.45) is 0.324. The molecular formula is C13H26N2O3. The molecule has 106 valence electrons. The number of hydroxylamine groups is 1. The van der Waals surface area contributed by atoms with Crippen LogP contribution in [0.1, 0.15) is 34.6 Å². The second-order valence-corrected chi connectivity index (χ2v) is 5.30. The Kier molecular flexibility index (Phi) is 6.05. The van der Waals surface area contributed by atoms with Crippen LogP contribution in [0, 0.1) is 5.92 Å². The first kappa shape index (κ1) is 15.4.